The molecule has 0 aromatic heterocycles. The minimum Gasteiger partial charge on any atom is -0.478 e. The van der Waals surface area contributed by atoms with Crippen LogP contribution in [-0.4, -0.2) is 47.3 Å². The summed E-state index contributed by atoms with van der Waals surface area (Å²) in [5, 5.41) is 8.86. The number of halogens is 1. The minimum absolute atomic E-state index is 0.177. The number of sulfonamides is 2. The van der Waals surface area contributed by atoms with E-state index in [0.717, 1.165) is 6.07 Å². The maximum atomic E-state index is 12.1. The van der Waals surface area contributed by atoms with E-state index >= 15 is 0 Å². The Bertz CT molecular complexity index is 745. The van der Waals surface area contributed by atoms with E-state index in [1.807, 2.05) is 0 Å². The van der Waals surface area contributed by atoms with Gasteiger partial charge in [0.1, 0.15) is 0 Å². The Labute approximate surface area is 130 Å². The highest BCUT2D eigenvalue weighted by Crippen LogP contribution is 2.23. The summed E-state index contributed by atoms with van der Waals surface area (Å²) < 4.78 is 50.8. The van der Waals surface area contributed by atoms with Crippen molar-refractivity contribution in [3.05, 3.63) is 28.2 Å². The van der Waals surface area contributed by atoms with Crippen molar-refractivity contribution in [2.75, 3.05) is 19.3 Å². The number of carbonyl (C=O) groups is 1. The van der Waals surface area contributed by atoms with Gasteiger partial charge in [0.05, 0.1) is 16.2 Å². The Balaban J connectivity index is 2.98. The number of hydrogen-bond donors (Lipinski definition) is 3. The number of nitrogens with one attached hydrogen (secondary N) is 2. The van der Waals surface area contributed by atoms with Gasteiger partial charge in [0.25, 0.3) is 0 Å². The van der Waals surface area contributed by atoms with Crippen LogP contribution in [0, 0.1) is 0 Å². The van der Waals surface area contributed by atoms with Gasteiger partial charge in [-0.1, -0.05) is 0 Å². The largest absolute Gasteiger partial charge is 0.478 e. The number of carboxylic acid groups (broad SMARTS) is 1. The molecule has 1 aromatic rings. The summed E-state index contributed by atoms with van der Waals surface area (Å²) in [6.45, 7) is -0.338. The molecule has 0 saturated carbocycles. The van der Waals surface area contributed by atoms with E-state index in [4.69, 9.17) is 5.11 Å². The molecule has 0 aliphatic rings. The van der Waals surface area contributed by atoms with Crippen molar-refractivity contribution in [2.24, 2.45) is 0 Å². The minimum atomic E-state index is -4.03. The van der Waals surface area contributed by atoms with Crippen molar-refractivity contribution in [1.29, 1.82) is 0 Å². The number of benzene rings is 1. The molecule has 0 heterocycles. The van der Waals surface area contributed by atoms with Crippen LogP contribution in [0.15, 0.2) is 27.6 Å². The molecule has 0 spiro atoms. The van der Waals surface area contributed by atoms with E-state index in [0.29, 0.717) is 0 Å². The lowest BCUT2D eigenvalue weighted by Gasteiger charge is -2.09. The molecular formula is C10H13BrN2O6S2. The molecular weight excluding hydrogens is 388 g/mol. The van der Waals surface area contributed by atoms with E-state index in [2.05, 4.69) is 25.4 Å². The Hall–Kier alpha value is -1.01. The summed E-state index contributed by atoms with van der Waals surface area (Å²) in [5.41, 5.74) is -0.193. The second kappa shape index (κ2) is 6.83. The number of rotatable bonds is 7. The van der Waals surface area contributed by atoms with Crippen molar-refractivity contribution >= 4 is 41.9 Å². The van der Waals surface area contributed by atoms with E-state index < -0.39 is 31.8 Å². The molecule has 0 aliphatic carbocycles. The van der Waals surface area contributed by atoms with Crippen LogP contribution in [0.3, 0.4) is 0 Å². The van der Waals surface area contributed by atoms with Crippen LogP contribution in [0.2, 0.25) is 0 Å². The molecule has 1 aromatic carbocycles. The third kappa shape index (κ3) is 5.04. The van der Waals surface area contributed by atoms with Crippen LogP contribution in [0.4, 0.5) is 0 Å². The third-order valence-electron chi connectivity index (χ3n) is 2.44. The van der Waals surface area contributed by atoms with Crippen LogP contribution in [-0.2, 0) is 20.0 Å². The molecule has 3 N–H and O–H groups in total. The van der Waals surface area contributed by atoms with Gasteiger partial charge < -0.3 is 5.11 Å². The summed E-state index contributed by atoms with van der Waals surface area (Å²) in [4.78, 5) is 10.6. The van der Waals surface area contributed by atoms with Gasteiger partial charge in [-0.25, -0.2) is 31.1 Å². The highest BCUT2D eigenvalue weighted by Gasteiger charge is 2.20. The predicted octanol–water partition coefficient (Wildman–Crippen LogP) is -0.0252. The lowest BCUT2D eigenvalue weighted by molar-refractivity contribution is 0.0696. The number of carboxylic acids is 1. The van der Waals surface area contributed by atoms with Gasteiger partial charge in [-0.15, -0.1) is 0 Å². The Morgan fingerprint density at radius 3 is 2.43 bits per heavy atom. The molecule has 11 heteroatoms. The standard InChI is InChI=1S/C10H13BrN2O6S2/c1-12-20(16,17)5-4-13-21(18,19)9-6-7(10(14)15)2-3-8(9)11/h2-3,6,12-13H,4-5H2,1H3,(H,14,15). The summed E-state index contributed by atoms with van der Waals surface area (Å²) >= 11 is 3.02. The summed E-state index contributed by atoms with van der Waals surface area (Å²) in [6.07, 6.45) is 0. The molecule has 0 atom stereocenters. The monoisotopic (exact) mass is 400 g/mol. The molecule has 0 unspecified atom stereocenters. The molecule has 0 radical (unpaired) electrons. The van der Waals surface area contributed by atoms with Crippen molar-refractivity contribution in [3.63, 3.8) is 0 Å². The smallest absolute Gasteiger partial charge is 0.335 e. The van der Waals surface area contributed by atoms with Crippen LogP contribution >= 0.6 is 15.9 Å². The fourth-order valence-electron chi connectivity index (χ4n) is 1.33. The Kier molecular flexibility index (Phi) is 5.87. The van der Waals surface area contributed by atoms with E-state index in [1.54, 1.807) is 0 Å². The van der Waals surface area contributed by atoms with Gasteiger partial charge in [0.2, 0.25) is 20.0 Å². The highest BCUT2D eigenvalue weighted by atomic mass is 79.9. The zero-order valence-corrected chi connectivity index (χ0v) is 14.0. The number of aromatic carboxylic acids is 1. The van der Waals surface area contributed by atoms with Crippen LogP contribution in [0.25, 0.3) is 0 Å². The normalized spacial score (nSPS) is 12.3. The van der Waals surface area contributed by atoms with Gasteiger partial charge in [-0.2, -0.15) is 0 Å². The average molecular weight is 401 g/mol. The van der Waals surface area contributed by atoms with Crippen LogP contribution in [0.1, 0.15) is 10.4 Å². The second-order valence-electron chi connectivity index (χ2n) is 3.87. The first kappa shape index (κ1) is 18.0. The SMILES string of the molecule is CNS(=O)(=O)CCNS(=O)(=O)c1cc(C(=O)O)ccc1Br. The molecule has 0 aliphatic heterocycles. The lowest BCUT2D eigenvalue weighted by atomic mass is 10.2. The zero-order valence-electron chi connectivity index (χ0n) is 10.8. The second-order valence-corrected chi connectivity index (χ2v) is 8.51. The maximum Gasteiger partial charge on any atom is 0.335 e. The van der Waals surface area contributed by atoms with E-state index in [1.165, 1.54) is 19.2 Å². The Morgan fingerprint density at radius 2 is 1.90 bits per heavy atom. The first-order chi connectivity index (χ1) is 9.59. The molecule has 1 rings (SSSR count). The average Bonchev–Trinajstić information content (AvgIpc) is 2.38. The fraction of sp³-hybridized carbons (Fsp3) is 0.300. The van der Waals surface area contributed by atoms with E-state index in [-0.39, 0.29) is 21.5 Å². The van der Waals surface area contributed by atoms with Crippen molar-refractivity contribution in [2.45, 2.75) is 4.90 Å². The van der Waals surface area contributed by atoms with Crippen molar-refractivity contribution in [3.8, 4) is 0 Å². The van der Waals surface area contributed by atoms with Gasteiger partial charge in [-0.05, 0) is 41.2 Å². The van der Waals surface area contributed by atoms with Gasteiger partial charge in [0.15, 0.2) is 0 Å². The fourth-order valence-corrected chi connectivity index (χ4v) is 4.06. The molecule has 118 valence electrons. The molecule has 0 fully saturated rings. The first-order valence-electron chi connectivity index (χ1n) is 5.53. The molecule has 0 saturated heterocycles. The van der Waals surface area contributed by atoms with Gasteiger partial charge in [0, 0.05) is 11.0 Å². The van der Waals surface area contributed by atoms with Crippen molar-refractivity contribution in [1.82, 2.24) is 9.44 Å². The van der Waals surface area contributed by atoms with E-state index in [9.17, 15) is 21.6 Å². The van der Waals surface area contributed by atoms with Crippen molar-refractivity contribution < 1.29 is 26.7 Å². The lowest BCUT2D eigenvalue weighted by Crippen LogP contribution is -2.33. The maximum absolute atomic E-state index is 12.1. The van der Waals surface area contributed by atoms with Gasteiger partial charge in [-0.3, -0.25) is 0 Å². The third-order valence-corrected chi connectivity index (χ3v) is 6.26. The highest BCUT2D eigenvalue weighted by molar-refractivity contribution is 9.10. The van der Waals surface area contributed by atoms with Crippen LogP contribution in [0.5, 0.6) is 0 Å². The number of hydrogen-bond acceptors (Lipinski definition) is 5. The zero-order chi connectivity index (χ0) is 16.3. The van der Waals surface area contributed by atoms with Crippen LogP contribution < -0.4 is 9.44 Å². The summed E-state index contributed by atoms with van der Waals surface area (Å²) in [5.74, 6) is -1.70. The summed E-state index contributed by atoms with van der Waals surface area (Å²) in [7, 11) is -6.35. The molecule has 0 bridgehead atoms. The Morgan fingerprint density at radius 1 is 1.29 bits per heavy atom. The van der Waals surface area contributed by atoms with Gasteiger partial charge >= 0.3 is 5.97 Å². The quantitative estimate of drug-likeness (QED) is 0.589. The molecule has 0 amide bonds. The topological polar surface area (TPSA) is 130 Å². The summed E-state index contributed by atoms with van der Waals surface area (Å²) in [6, 6.07) is 3.53. The molecule has 8 nitrogen and oxygen atoms in total. The predicted molar refractivity (Wildman–Crippen MR) is 79.1 cm³/mol. The molecule has 21 heavy (non-hydrogen) atoms. The first-order valence-corrected chi connectivity index (χ1v) is 9.45.